The van der Waals surface area contributed by atoms with Crippen molar-refractivity contribution in [3.8, 4) is 0 Å². The van der Waals surface area contributed by atoms with Gasteiger partial charge in [-0.3, -0.25) is 0 Å². The van der Waals surface area contributed by atoms with E-state index < -0.39 is 0 Å². The van der Waals surface area contributed by atoms with Gasteiger partial charge in [-0.2, -0.15) is 0 Å². The Balaban J connectivity index is 2.15. The van der Waals surface area contributed by atoms with Gasteiger partial charge in [-0.25, -0.2) is 4.98 Å². The second-order valence-corrected chi connectivity index (χ2v) is 4.83. The monoisotopic (exact) mass is 212 g/mol. The van der Waals surface area contributed by atoms with Gasteiger partial charge in [0.05, 0.1) is 0 Å². The largest absolute Gasteiger partial charge is 0.371 e. The van der Waals surface area contributed by atoms with E-state index in [1.807, 2.05) is 13.2 Å². The van der Waals surface area contributed by atoms with Gasteiger partial charge in [0.1, 0.15) is 10.6 Å². The van der Waals surface area contributed by atoms with Gasteiger partial charge < -0.3 is 10.1 Å². The predicted octanol–water partition coefficient (Wildman–Crippen LogP) is 1.89. The van der Waals surface area contributed by atoms with Crippen molar-refractivity contribution in [2.75, 3.05) is 14.2 Å². The van der Waals surface area contributed by atoms with Crippen molar-refractivity contribution in [3.63, 3.8) is 0 Å². The lowest BCUT2D eigenvalue weighted by molar-refractivity contribution is -0.0779. The smallest absolute Gasteiger partial charge is 0.125 e. The summed E-state index contributed by atoms with van der Waals surface area (Å²) in [6.07, 6.45) is 5.45. The van der Waals surface area contributed by atoms with Crippen LogP contribution in [0.2, 0.25) is 0 Å². The molecule has 0 unspecified atom stereocenters. The van der Waals surface area contributed by atoms with E-state index >= 15 is 0 Å². The summed E-state index contributed by atoms with van der Waals surface area (Å²) >= 11 is 1.77. The molecule has 0 bridgehead atoms. The van der Waals surface area contributed by atoms with Crippen LogP contribution in [0.1, 0.15) is 29.1 Å². The van der Waals surface area contributed by atoms with Crippen LogP contribution in [0.25, 0.3) is 0 Å². The summed E-state index contributed by atoms with van der Waals surface area (Å²) in [4.78, 5) is 5.74. The van der Waals surface area contributed by atoms with E-state index in [0.717, 1.165) is 24.4 Å². The van der Waals surface area contributed by atoms with Crippen molar-refractivity contribution >= 4 is 11.3 Å². The Hall–Kier alpha value is -0.450. The summed E-state index contributed by atoms with van der Waals surface area (Å²) in [5.41, 5.74) is -0.0450. The maximum atomic E-state index is 5.58. The average Bonchev–Trinajstić information content (AvgIpc) is 2.54. The minimum atomic E-state index is -0.0450. The van der Waals surface area contributed by atoms with Crippen molar-refractivity contribution in [1.29, 1.82) is 0 Å². The van der Waals surface area contributed by atoms with Crippen LogP contribution in [0.15, 0.2) is 6.20 Å². The fourth-order valence-electron chi connectivity index (χ4n) is 1.78. The molecule has 0 saturated heterocycles. The zero-order valence-electron chi connectivity index (χ0n) is 8.67. The van der Waals surface area contributed by atoms with E-state index in [1.54, 1.807) is 18.4 Å². The maximum Gasteiger partial charge on any atom is 0.125 e. The Morgan fingerprint density at radius 3 is 2.93 bits per heavy atom. The first-order chi connectivity index (χ1) is 6.80. The Morgan fingerprint density at radius 1 is 1.64 bits per heavy atom. The topological polar surface area (TPSA) is 34.2 Å². The molecule has 78 valence electrons. The van der Waals surface area contributed by atoms with Crippen molar-refractivity contribution in [2.24, 2.45) is 0 Å². The Bertz CT molecular complexity index is 301. The van der Waals surface area contributed by atoms with Crippen LogP contribution in [-0.2, 0) is 16.9 Å². The second-order valence-electron chi connectivity index (χ2n) is 3.71. The molecule has 0 aliphatic heterocycles. The number of thiazole rings is 1. The van der Waals surface area contributed by atoms with Crippen molar-refractivity contribution in [2.45, 2.75) is 31.4 Å². The van der Waals surface area contributed by atoms with E-state index in [4.69, 9.17) is 4.74 Å². The van der Waals surface area contributed by atoms with Crippen LogP contribution in [0, 0.1) is 0 Å². The lowest BCUT2D eigenvalue weighted by atomic mass is 9.80. The number of hydrogen-bond donors (Lipinski definition) is 1. The first-order valence-electron chi connectivity index (χ1n) is 4.96. The molecule has 1 N–H and O–H groups in total. The summed E-state index contributed by atoms with van der Waals surface area (Å²) < 4.78 is 5.58. The highest BCUT2D eigenvalue weighted by Crippen LogP contribution is 2.45. The summed E-state index contributed by atoms with van der Waals surface area (Å²) in [6, 6.07) is 0. The molecule has 14 heavy (non-hydrogen) atoms. The quantitative estimate of drug-likeness (QED) is 0.827. The summed E-state index contributed by atoms with van der Waals surface area (Å²) in [7, 11) is 3.74. The summed E-state index contributed by atoms with van der Waals surface area (Å²) in [5.74, 6) is 0. The minimum absolute atomic E-state index is 0.0450. The third kappa shape index (κ3) is 1.58. The number of nitrogens with one attached hydrogen (secondary N) is 1. The fourth-order valence-corrected chi connectivity index (χ4v) is 2.93. The van der Waals surface area contributed by atoms with Gasteiger partial charge >= 0.3 is 0 Å². The predicted molar refractivity (Wildman–Crippen MR) is 57.4 cm³/mol. The van der Waals surface area contributed by atoms with Gasteiger partial charge in [0.15, 0.2) is 0 Å². The molecule has 1 aliphatic carbocycles. The summed E-state index contributed by atoms with van der Waals surface area (Å²) in [6.45, 7) is 0.900. The normalized spacial score (nSPS) is 19.3. The molecular formula is C10H16N2OS. The number of ether oxygens (including phenoxy) is 1. The molecule has 3 nitrogen and oxygen atoms in total. The Labute approximate surface area is 88.5 Å². The van der Waals surface area contributed by atoms with Crippen molar-refractivity contribution in [1.82, 2.24) is 10.3 Å². The highest BCUT2D eigenvalue weighted by Gasteiger charge is 2.41. The van der Waals surface area contributed by atoms with Crippen molar-refractivity contribution < 1.29 is 4.74 Å². The van der Waals surface area contributed by atoms with E-state index in [2.05, 4.69) is 10.3 Å². The zero-order chi connectivity index (χ0) is 10.0. The standard InChI is InChI=1S/C10H16N2OS/c1-11-6-8-7-12-9(14-8)10(13-2)4-3-5-10/h7,11H,3-6H2,1-2H3. The maximum absolute atomic E-state index is 5.58. The lowest BCUT2D eigenvalue weighted by Crippen LogP contribution is -2.35. The molecule has 0 aromatic carbocycles. The zero-order valence-corrected chi connectivity index (χ0v) is 9.49. The highest BCUT2D eigenvalue weighted by atomic mass is 32.1. The number of aromatic nitrogens is 1. The van der Waals surface area contributed by atoms with E-state index in [1.165, 1.54) is 11.3 Å². The second kappa shape index (κ2) is 3.96. The van der Waals surface area contributed by atoms with Gasteiger partial charge in [-0.1, -0.05) is 0 Å². The molecular weight excluding hydrogens is 196 g/mol. The minimum Gasteiger partial charge on any atom is -0.371 e. The number of rotatable bonds is 4. The molecule has 0 spiro atoms. The van der Waals surface area contributed by atoms with E-state index in [0.29, 0.717) is 0 Å². The lowest BCUT2D eigenvalue weighted by Gasteiger charge is -2.38. The SMILES string of the molecule is CNCc1cnc(C2(OC)CCC2)s1. The van der Waals surface area contributed by atoms with Crippen LogP contribution >= 0.6 is 11.3 Å². The van der Waals surface area contributed by atoms with E-state index in [-0.39, 0.29) is 5.60 Å². The molecule has 4 heteroatoms. The van der Waals surface area contributed by atoms with Crippen LogP contribution in [-0.4, -0.2) is 19.1 Å². The molecule has 1 fully saturated rings. The molecule has 1 aromatic heterocycles. The van der Waals surface area contributed by atoms with Gasteiger partial charge in [0.2, 0.25) is 0 Å². The van der Waals surface area contributed by atoms with Crippen LogP contribution < -0.4 is 5.32 Å². The first-order valence-corrected chi connectivity index (χ1v) is 5.77. The molecule has 1 saturated carbocycles. The summed E-state index contributed by atoms with van der Waals surface area (Å²) in [5, 5.41) is 4.28. The molecule has 0 amide bonds. The molecule has 0 atom stereocenters. The van der Waals surface area contributed by atoms with Crippen LogP contribution in [0.4, 0.5) is 0 Å². The molecule has 0 radical (unpaired) electrons. The van der Waals surface area contributed by atoms with Gasteiger partial charge in [-0.15, -0.1) is 11.3 Å². The molecule has 1 heterocycles. The van der Waals surface area contributed by atoms with Gasteiger partial charge in [0.25, 0.3) is 0 Å². The first kappa shape index (κ1) is 10.1. The van der Waals surface area contributed by atoms with E-state index in [9.17, 15) is 0 Å². The third-order valence-corrected chi connectivity index (χ3v) is 4.03. The highest BCUT2D eigenvalue weighted by molar-refractivity contribution is 7.11. The average molecular weight is 212 g/mol. The number of methoxy groups -OCH3 is 1. The Kier molecular flexibility index (Phi) is 2.85. The number of nitrogens with zero attached hydrogens (tertiary/aromatic N) is 1. The molecule has 1 aromatic rings. The molecule has 2 rings (SSSR count). The van der Waals surface area contributed by atoms with Crippen LogP contribution in [0.5, 0.6) is 0 Å². The third-order valence-electron chi connectivity index (χ3n) is 2.85. The number of hydrogen-bond acceptors (Lipinski definition) is 4. The van der Waals surface area contributed by atoms with Gasteiger partial charge in [0, 0.05) is 24.7 Å². The molecule has 1 aliphatic rings. The fraction of sp³-hybridized carbons (Fsp3) is 0.700. The van der Waals surface area contributed by atoms with Gasteiger partial charge in [-0.05, 0) is 26.3 Å². The van der Waals surface area contributed by atoms with Crippen molar-refractivity contribution in [3.05, 3.63) is 16.1 Å². The Morgan fingerprint density at radius 2 is 2.43 bits per heavy atom. The van der Waals surface area contributed by atoms with Crippen LogP contribution in [0.3, 0.4) is 0 Å².